The highest BCUT2D eigenvalue weighted by Gasteiger charge is 2.64. The zero-order valence-electron chi connectivity index (χ0n) is 9.71. The fourth-order valence-electron chi connectivity index (χ4n) is 3.32. The predicted octanol–water partition coefficient (Wildman–Crippen LogP) is 3.09. The Morgan fingerprint density at radius 3 is 2.38 bits per heavy atom. The Hall–Kier alpha value is -0.820. The summed E-state index contributed by atoms with van der Waals surface area (Å²) in [5, 5.41) is 0. The van der Waals surface area contributed by atoms with Crippen molar-refractivity contribution in [3.05, 3.63) is 35.4 Å². The maximum atomic E-state index is 6.46. The molecule has 84 valence electrons. The lowest BCUT2D eigenvalue weighted by Crippen LogP contribution is -2.37. The molecule has 0 unspecified atom stereocenters. The van der Waals surface area contributed by atoms with Crippen LogP contribution >= 0.6 is 0 Å². The van der Waals surface area contributed by atoms with E-state index in [4.69, 9.17) is 5.73 Å². The first-order valence-corrected chi connectivity index (χ1v) is 6.63. The van der Waals surface area contributed by atoms with Crippen molar-refractivity contribution in [2.75, 3.05) is 0 Å². The zero-order valence-corrected chi connectivity index (χ0v) is 9.71. The molecule has 0 saturated heterocycles. The van der Waals surface area contributed by atoms with Crippen molar-refractivity contribution in [1.29, 1.82) is 0 Å². The van der Waals surface area contributed by atoms with Crippen molar-refractivity contribution in [2.45, 2.75) is 55.4 Å². The van der Waals surface area contributed by atoms with Crippen LogP contribution in [0.4, 0.5) is 0 Å². The predicted molar refractivity (Wildman–Crippen MR) is 65.5 cm³/mol. The molecule has 0 radical (unpaired) electrons. The Morgan fingerprint density at radius 2 is 1.81 bits per heavy atom. The van der Waals surface area contributed by atoms with Gasteiger partial charge in [-0.05, 0) is 55.6 Å². The molecule has 0 spiro atoms. The Bertz CT molecular complexity index is 437. The molecular formula is C15H19N. The van der Waals surface area contributed by atoms with Crippen molar-refractivity contribution < 1.29 is 0 Å². The second kappa shape index (κ2) is 2.70. The Morgan fingerprint density at radius 1 is 1.06 bits per heavy atom. The van der Waals surface area contributed by atoms with Crippen molar-refractivity contribution >= 4 is 0 Å². The van der Waals surface area contributed by atoms with Crippen molar-refractivity contribution in [3.63, 3.8) is 0 Å². The molecule has 3 aliphatic rings. The minimum absolute atomic E-state index is 0.162. The third-order valence-electron chi connectivity index (χ3n) is 4.98. The zero-order chi connectivity index (χ0) is 10.8. The van der Waals surface area contributed by atoms with Gasteiger partial charge in [-0.25, -0.2) is 0 Å². The SMILES string of the molecule is NC1(C2(c3cccc(C4CC4)c3)CC2)CC1. The van der Waals surface area contributed by atoms with E-state index in [1.54, 1.807) is 5.56 Å². The van der Waals surface area contributed by atoms with E-state index in [0.29, 0.717) is 5.41 Å². The van der Waals surface area contributed by atoms with Gasteiger partial charge in [-0.1, -0.05) is 24.3 Å². The number of hydrogen-bond acceptors (Lipinski definition) is 1. The van der Waals surface area contributed by atoms with Crippen LogP contribution in [0.5, 0.6) is 0 Å². The minimum atomic E-state index is 0.162. The van der Waals surface area contributed by atoms with E-state index < -0.39 is 0 Å². The summed E-state index contributed by atoms with van der Waals surface area (Å²) < 4.78 is 0. The lowest BCUT2D eigenvalue weighted by atomic mass is 9.85. The van der Waals surface area contributed by atoms with Gasteiger partial charge in [0, 0.05) is 11.0 Å². The first kappa shape index (κ1) is 9.23. The molecule has 0 aromatic heterocycles. The van der Waals surface area contributed by atoms with E-state index in [1.807, 2.05) is 0 Å². The van der Waals surface area contributed by atoms with Crippen LogP contribution < -0.4 is 5.73 Å². The van der Waals surface area contributed by atoms with Crippen molar-refractivity contribution in [1.82, 2.24) is 0 Å². The first-order valence-electron chi connectivity index (χ1n) is 6.63. The fourth-order valence-corrected chi connectivity index (χ4v) is 3.32. The number of hydrogen-bond donors (Lipinski definition) is 1. The average molecular weight is 213 g/mol. The molecule has 0 amide bonds. The summed E-state index contributed by atoms with van der Waals surface area (Å²) in [7, 11) is 0. The van der Waals surface area contributed by atoms with Crippen LogP contribution in [0.15, 0.2) is 24.3 Å². The van der Waals surface area contributed by atoms with Gasteiger partial charge in [0.05, 0.1) is 0 Å². The van der Waals surface area contributed by atoms with Gasteiger partial charge < -0.3 is 5.73 Å². The normalized spacial score (nSPS) is 28.8. The second-order valence-electron chi connectivity index (χ2n) is 6.14. The van der Waals surface area contributed by atoms with Crippen molar-refractivity contribution in [2.24, 2.45) is 5.73 Å². The summed E-state index contributed by atoms with van der Waals surface area (Å²) in [6, 6.07) is 9.31. The molecular weight excluding hydrogens is 194 g/mol. The summed E-state index contributed by atoms with van der Waals surface area (Å²) in [4.78, 5) is 0. The Kier molecular flexibility index (Phi) is 1.56. The molecule has 3 fully saturated rings. The Balaban J connectivity index is 1.74. The highest BCUT2D eigenvalue weighted by molar-refractivity contribution is 5.43. The summed E-state index contributed by atoms with van der Waals surface area (Å²) in [6.07, 6.45) is 7.89. The van der Waals surface area contributed by atoms with Crippen LogP contribution in [0.1, 0.15) is 55.6 Å². The molecule has 1 nitrogen and oxygen atoms in total. The molecule has 16 heavy (non-hydrogen) atoms. The third kappa shape index (κ3) is 1.15. The van der Waals surface area contributed by atoms with E-state index in [2.05, 4.69) is 24.3 Å². The Labute approximate surface area is 97.0 Å². The van der Waals surface area contributed by atoms with Crippen LogP contribution in [-0.2, 0) is 5.41 Å². The van der Waals surface area contributed by atoms with Crippen LogP contribution in [0, 0.1) is 0 Å². The van der Waals surface area contributed by atoms with Gasteiger partial charge in [-0.15, -0.1) is 0 Å². The molecule has 1 heteroatoms. The first-order chi connectivity index (χ1) is 7.74. The van der Waals surface area contributed by atoms with Crippen LogP contribution in [0.3, 0.4) is 0 Å². The van der Waals surface area contributed by atoms with Gasteiger partial charge in [-0.2, -0.15) is 0 Å². The van der Waals surface area contributed by atoms with Gasteiger partial charge in [0.15, 0.2) is 0 Å². The quantitative estimate of drug-likeness (QED) is 0.820. The second-order valence-corrected chi connectivity index (χ2v) is 6.14. The molecule has 4 rings (SSSR count). The number of benzene rings is 1. The molecule has 0 aliphatic heterocycles. The van der Waals surface area contributed by atoms with E-state index in [0.717, 1.165) is 5.92 Å². The lowest BCUT2D eigenvalue weighted by Gasteiger charge is -2.24. The van der Waals surface area contributed by atoms with Gasteiger partial charge in [0.25, 0.3) is 0 Å². The molecule has 0 bridgehead atoms. The number of rotatable bonds is 3. The van der Waals surface area contributed by atoms with E-state index in [-0.39, 0.29) is 5.54 Å². The smallest absolute Gasteiger partial charge is 0.0253 e. The third-order valence-corrected chi connectivity index (χ3v) is 4.98. The van der Waals surface area contributed by atoms with E-state index >= 15 is 0 Å². The van der Waals surface area contributed by atoms with Gasteiger partial charge >= 0.3 is 0 Å². The molecule has 2 N–H and O–H groups in total. The topological polar surface area (TPSA) is 26.0 Å². The number of nitrogens with two attached hydrogens (primary N) is 1. The summed E-state index contributed by atoms with van der Waals surface area (Å²) in [6.45, 7) is 0. The molecule has 3 saturated carbocycles. The fraction of sp³-hybridized carbons (Fsp3) is 0.600. The molecule has 1 aromatic rings. The largest absolute Gasteiger partial charge is 0.324 e. The highest BCUT2D eigenvalue weighted by atomic mass is 14.9. The summed E-state index contributed by atoms with van der Waals surface area (Å²) in [5.41, 5.74) is 10.1. The maximum Gasteiger partial charge on any atom is 0.0253 e. The molecule has 0 heterocycles. The van der Waals surface area contributed by atoms with Crippen LogP contribution in [0.2, 0.25) is 0 Å². The van der Waals surface area contributed by atoms with E-state index in [9.17, 15) is 0 Å². The molecule has 3 aliphatic carbocycles. The minimum Gasteiger partial charge on any atom is -0.324 e. The van der Waals surface area contributed by atoms with Gasteiger partial charge in [-0.3, -0.25) is 0 Å². The molecule has 1 aromatic carbocycles. The van der Waals surface area contributed by atoms with Crippen LogP contribution in [0.25, 0.3) is 0 Å². The van der Waals surface area contributed by atoms with E-state index in [1.165, 1.54) is 44.1 Å². The highest BCUT2D eigenvalue weighted by Crippen LogP contribution is 2.63. The summed E-state index contributed by atoms with van der Waals surface area (Å²) in [5.74, 6) is 0.865. The van der Waals surface area contributed by atoms with Crippen molar-refractivity contribution in [3.8, 4) is 0 Å². The van der Waals surface area contributed by atoms with Gasteiger partial charge in [0.2, 0.25) is 0 Å². The molecule has 0 atom stereocenters. The summed E-state index contributed by atoms with van der Waals surface area (Å²) >= 11 is 0. The maximum absolute atomic E-state index is 6.46. The monoisotopic (exact) mass is 213 g/mol. The van der Waals surface area contributed by atoms with Crippen LogP contribution in [-0.4, -0.2) is 5.54 Å². The average Bonchev–Trinajstić information content (AvgIpc) is 3.12. The standard InChI is InChI=1S/C15H19N/c16-15(8-9-15)14(6-7-14)13-3-1-2-12(10-13)11-4-5-11/h1-3,10-11H,4-9,16H2. The van der Waals surface area contributed by atoms with Gasteiger partial charge in [0.1, 0.15) is 0 Å². The lowest BCUT2D eigenvalue weighted by molar-refractivity contribution is 0.503.